The third-order valence-electron chi connectivity index (χ3n) is 9.33. The molecule has 10 nitrogen and oxygen atoms in total. The monoisotopic (exact) mass is 701 g/mol. The van der Waals surface area contributed by atoms with Gasteiger partial charge < -0.3 is 10.0 Å². The molecule has 1 amide bonds. The van der Waals surface area contributed by atoms with Crippen LogP contribution in [-0.2, 0) is 10.0 Å². The maximum absolute atomic E-state index is 14.6. The Bertz CT molecular complexity index is 1480. The Hall–Kier alpha value is -3.05. The van der Waals surface area contributed by atoms with Gasteiger partial charge in [-0.05, 0) is 63.0 Å². The number of aromatic hydroxyl groups is 1. The third-order valence-corrected chi connectivity index (χ3v) is 11.2. The lowest BCUT2D eigenvalue weighted by Crippen LogP contribution is -2.39. The number of sulfonamides is 1. The Kier molecular flexibility index (Phi) is 18.8. The van der Waals surface area contributed by atoms with E-state index in [1.165, 1.54) is 0 Å². The zero-order valence-corrected chi connectivity index (χ0v) is 32.1. The number of nitrogens with one attached hydrogen (secondary N) is 1. The summed E-state index contributed by atoms with van der Waals surface area (Å²) in [5.74, 6) is -0.466. The fourth-order valence-electron chi connectivity index (χ4n) is 6.24. The van der Waals surface area contributed by atoms with Gasteiger partial charge in [-0.3, -0.25) is 14.6 Å². The van der Waals surface area contributed by atoms with Gasteiger partial charge in [0.15, 0.2) is 0 Å². The number of hydrogen-bond donors (Lipinski definition) is 2. The molecule has 0 aliphatic rings. The number of H-pyrrole nitrogens is 1. The van der Waals surface area contributed by atoms with Crippen molar-refractivity contribution in [3.05, 3.63) is 45.7 Å². The van der Waals surface area contributed by atoms with E-state index in [0.717, 1.165) is 83.5 Å². The lowest BCUT2D eigenvalue weighted by Gasteiger charge is -2.30. The molecular formula is C38H63N5O5S. The summed E-state index contributed by atoms with van der Waals surface area (Å²) in [6.07, 6.45) is 12.6. The van der Waals surface area contributed by atoms with E-state index in [2.05, 4.69) is 42.9 Å². The number of benzene rings is 1. The molecule has 0 aliphatic heterocycles. The van der Waals surface area contributed by atoms with Crippen molar-refractivity contribution in [3.63, 3.8) is 0 Å². The molecule has 49 heavy (non-hydrogen) atoms. The van der Waals surface area contributed by atoms with Gasteiger partial charge in [0.2, 0.25) is 15.9 Å². The van der Waals surface area contributed by atoms with E-state index in [1.54, 1.807) is 40.4 Å². The molecule has 276 valence electrons. The number of nitrogens with zero attached hydrogens (tertiary/aromatic N) is 4. The number of pyridine rings is 1. The zero-order valence-electron chi connectivity index (χ0n) is 31.3. The highest BCUT2D eigenvalue weighted by atomic mass is 32.2. The van der Waals surface area contributed by atoms with E-state index in [1.807, 2.05) is 13.8 Å². The minimum absolute atomic E-state index is 0.0420. The van der Waals surface area contributed by atoms with Crippen molar-refractivity contribution in [2.45, 2.75) is 137 Å². The van der Waals surface area contributed by atoms with Crippen LogP contribution in [0.3, 0.4) is 0 Å². The van der Waals surface area contributed by atoms with Gasteiger partial charge in [0.1, 0.15) is 21.8 Å². The Balaban J connectivity index is 2.61. The number of aromatic amines is 1. The second-order valence-electron chi connectivity index (χ2n) is 13.4. The molecule has 1 aromatic heterocycles. The second-order valence-corrected chi connectivity index (χ2v) is 15.3. The molecule has 2 aromatic rings. The Morgan fingerprint density at radius 1 is 0.816 bits per heavy atom. The second kappa shape index (κ2) is 21.9. The van der Waals surface area contributed by atoms with Gasteiger partial charge in [-0.2, -0.15) is 4.31 Å². The van der Waals surface area contributed by atoms with Crippen LogP contribution in [0.15, 0.2) is 44.2 Å². The van der Waals surface area contributed by atoms with Gasteiger partial charge in [-0.25, -0.2) is 8.42 Å². The fraction of sp³-hybridized carbons (Fsp3) is 0.684. The Morgan fingerprint density at radius 3 is 1.96 bits per heavy atom. The number of unbranched alkanes of at least 4 members (excludes halogenated alkanes) is 4. The van der Waals surface area contributed by atoms with Crippen molar-refractivity contribution < 1.29 is 18.3 Å². The van der Waals surface area contributed by atoms with Gasteiger partial charge in [-0.1, -0.05) is 105 Å². The van der Waals surface area contributed by atoms with Crippen LogP contribution in [-0.4, -0.2) is 59.8 Å². The molecule has 11 heteroatoms. The Labute approximate surface area is 295 Å². The van der Waals surface area contributed by atoms with Gasteiger partial charge in [0.05, 0.1) is 0 Å². The number of carbonyl (C=O) groups excluding carboxylic acids is 1. The topological polar surface area (TPSA) is 136 Å². The third kappa shape index (κ3) is 12.3. The summed E-state index contributed by atoms with van der Waals surface area (Å²) in [6.45, 7) is 16.1. The molecule has 0 saturated heterocycles. The molecule has 2 N–H and O–H groups in total. The van der Waals surface area contributed by atoms with E-state index < -0.39 is 27.4 Å². The predicted octanol–water partition coefficient (Wildman–Crippen LogP) is 9.66. The number of rotatable bonds is 24. The first kappa shape index (κ1) is 42.1. The molecule has 0 saturated carbocycles. The summed E-state index contributed by atoms with van der Waals surface area (Å²) in [7, 11) is -3.99. The van der Waals surface area contributed by atoms with Crippen LogP contribution in [0.2, 0.25) is 0 Å². The quantitative estimate of drug-likeness (QED) is 0.105. The maximum Gasteiger partial charge on any atom is 0.263 e. The van der Waals surface area contributed by atoms with Crippen molar-refractivity contribution in [3.8, 4) is 5.88 Å². The van der Waals surface area contributed by atoms with Crippen LogP contribution < -0.4 is 5.56 Å². The average Bonchev–Trinajstić information content (AvgIpc) is 3.08. The molecule has 1 heterocycles. The van der Waals surface area contributed by atoms with Crippen LogP contribution in [0, 0.1) is 18.8 Å². The molecule has 2 rings (SSSR count). The largest absolute Gasteiger partial charge is 0.493 e. The molecule has 0 aliphatic carbocycles. The molecule has 1 unspecified atom stereocenters. The Morgan fingerprint density at radius 2 is 1.39 bits per heavy atom. The first-order valence-corrected chi connectivity index (χ1v) is 20.2. The zero-order chi connectivity index (χ0) is 36.4. The first-order valence-electron chi connectivity index (χ1n) is 18.8. The van der Waals surface area contributed by atoms with Crippen LogP contribution in [0.25, 0.3) is 0 Å². The van der Waals surface area contributed by atoms with Crippen molar-refractivity contribution in [2.75, 3.05) is 26.2 Å². The lowest BCUT2D eigenvalue weighted by atomic mass is 9.95. The number of azo groups is 1. The molecular weight excluding hydrogens is 639 g/mol. The van der Waals surface area contributed by atoms with Gasteiger partial charge in [0, 0.05) is 31.7 Å². The van der Waals surface area contributed by atoms with E-state index in [4.69, 9.17) is 0 Å². The number of hydrogen-bond acceptors (Lipinski definition) is 7. The summed E-state index contributed by atoms with van der Waals surface area (Å²) < 4.78 is 30.9. The minimum atomic E-state index is -3.99. The van der Waals surface area contributed by atoms with E-state index in [0.29, 0.717) is 26.2 Å². The lowest BCUT2D eigenvalue weighted by molar-refractivity contribution is 0.0750. The van der Waals surface area contributed by atoms with E-state index >= 15 is 0 Å². The highest BCUT2D eigenvalue weighted by Gasteiger charge is 2.31. The van der Waals surface area contributed by atoms with Crippen LogP contribution >= 0.6 is 0 Å². The highest BCUT2D eigenvalue weighted by Crippen LogP contribution is 2.34. The van der Waals surface area contributed by atoms with Crippen LogP contribution in [0.5, 0.6) is 5.88 Å². The normalized spacial score (nSPS) is 12.8. The summed E-state index contributed by atoms with van der Waals surface area (Å²) in [5, 5.41) is 19.4. The summed E-state index contributed by atoms with van der Waals surface area (Å²) in [4.78, 5) is 30.5. The number of amides is 1. The molecule has 1 atom stereocenters. The van der Waals surface area contributed by atoms with Crippen molar-refractivity contribution >= 4 is 27.3 Å². The van der Waals surface area contributed by atoms with Gasteiger partial charge in [0.25, 0.3) is 11.5 Å². The first-order chi connectivity index (χ1) is 23.5. The summed E-state index contributed by atoms with van der Waals surface area (Å²) >= 11 is 0. The summed E-state index contributed by atoms with van der Waals surface area (Å²) in [6, 6.07) is 6.53. The molecule has 1 aromatic carbocycles. The molecule has 0 bridgehead atoms. The number of aromatic nitrogens is 1. The van der Waals surface area contributed by atoms with Gasteiger partial charge >= 0.3 is 0 Å². The smallest absolute Gasteiger partial charge is 0.263 e. The minimum Gasteiger partial charge on any atom is -0.493 e. The molecule has 0 spiro atoms. The fourth-order valence-corrected chi connectivity index (χ4v) is 7.96. The van der Waals surface area contributed by atoms with Crippen molar-refractivity contribution in [2.24, 2.45) is 22.1 Å². The number of carbonyl (C=O) groups is 1. The maximum atomic E-state index is 14.6. The van der Waals surface area contributed by atoms with Crippen molar-refractivity contribution in [1.82, 2.24) is 14.2 Å². The van der Waals surface area contributed by atoms with Crippen LogP contribution in [0.1, 0.15) is 141 Å². The predicted molar refractivity (Wildman–Crippen MR) is 200 cm³/mol. The highest BCUT2D eigenvalue weighted by molar-refractivity contribution is 7.89. The van der Waals surface area contributed by atoms with Crippen LogP contribution in [0.4, 0.5) is 11.4 Å². The van der Waals surface area contributed by atoms with Crippen molar-refractivity contribution in [1.29, 1.82) is 0 Å². The standard InChI is InChI=1S/C38H63N5O5S/c1-8-14-20-30(13-6)27-43(28-31(21-15-9-2)22-16-10-3)49(47,48)33-24-19-18-23-32(33)40-41-35-29(7)34(36(44)39-37(35)45)38(46)42(25-12-5)26-17-11-4/h18-19,23-24,30-31H,8-17,20-22,25-28H2,1-7H3,(H2,39,44,45)/b41-40+. The van der Waals surface area contributed by atoms with Gasteiger partial charge in [-0.15, -0.1) is 10.2 Å². The van der Waals surface area contributed by atoms with E-state index in [-0.39, 0.29) is 39.2 Å². The average molecular weight is 702 g/mol. The van der Waals surface area contributed by atoms with E-state index in [9.17, 15) is 23.1 Å². The summed E-state index contributed by atoms with van der Waals surface area (Å²) in [5.41, 5.74) is -0.577. The molecule has 0 radical (unpaired) electrons. The SMILES string of the molecule is CCCCC(CC)CN(CC(CCCC)CCCC)S(=O)(=O)c1ccccc1/N=N/c1c(O)[nH]c(=O)c(C(=O)N(CCC)CCCC)c1C. The molecule has 0 fully saturated rings.